The number of ether oxygens (including phenoxy) is 1. The second-order valence-electron chi connectivity index (χ2n) is 7.84. The molecular weight excluding hydrogens is 440 g/mol. The molecule has 2 aromatic heterocycles. The summed E-state index contributed by atoms with van der Waals surface area (Å²) in [5, 5.41) is 0.594. The molecule has 1 aliphatic rings. The third-order valence-corrected chi connectivity index (χ3v) is 6.05. The van der Waals surface area contributed by atoms with Crippen molar-refractivity contribution >= 4 is 28.5 Å². The highest BCUT2D eigenvalue weighted by atomic mass is 35.5. The molecular formula is C25H21ClN4O3. The van der Waals surface area contributed by atoms with Crippen LogP contribution in [0, 0.1) is 0 Å². The van der Waals surface area contributed by atoms with Gasteiger partial charge < -0.3 is 9.64 Å². The van der Waals surface area contributed by atoms with Crippen molar-refractivity contribution in [1.82, 2.24) is 19.0 Å². The number of likely N-dealkylation sites (tertiary alicyclic amines) is 1. The molecule has 5 rings (SSSR count). The van der Waals surface area contributed by atoms with E-state index in [0.29, 0.717) is 47.2 Å². The van der Waals surface area contributed by atoms with Crippen LogP contribution in [0.4, 0.5) is 0 Å². The molecule has 0 aliphatic carbocycles. The molecule has 0 radical (unpaired) electrons. The molecule has 0 saturated carbocycles. The van der Waals surface area contributed by atoms with E-state index in [-0.39, 0.29) is 17.6 Å². The molecule has 166 valence electrons. The normalized spacial score (nSPS) is 15.7. The first-order valence-electron chi connectivity index (χ1n) is 10.6. The zero-order valence-electron chi connectivity index (χ0n) is 17.7. The molecule has 33 heavy (non-hydrogen) atoms. The zero-order valence-corrected chi connectivity index (χ0v) is 18.5. The van der Waals surface area contributed by atoms with Gasteiger partial charge in [0.1, 0.15) is 11.5 Å². The molecule has 1 fully saturated rings. The van der Waals surface area contributed by atoms with E-state index in [2.05, 4.69) is 11.6 Å². The van der Waals surface area contributed by atoms with Crippen LogP contribution in [0.5, 0.6) is 11.5 Å². The number of amides is 1. The largest absolute Gasteiger partial charge is 0.457 e. The Hall–Kier alpha value is -3.84. The highest BCUT2D eigenvalue weighted by molar-refractivity contribution is 6.30. The molecule has 0 spiro atoms. The number of fused-ring (bicyclic) bond motifs is 1. The van der Waals surface area contributed by atoms with Crippen molar-refractivity contribution in [2.75, 3.05) is 13.1 Å². The van der Waals surface area contributed by atoms with Gasteiger partial charge in [0.25, 0.3) is 0 Å². The SMILES string of the molecule is C=CC(=O)N1CCC(n2c(=O)n(-c3ccc(Oc4cccc(Cl)c4)cc3)c3cnccc32)C1. The molecule has 1 amide bonds. The predicted molar refractivity (Wildman–Crippen MR) is 127 cm³/mol. The summed E-state index contributed by atoms with van der Waals surface area (Å²) in [6.07, 6.45) is 5.37. The maximum absolute atomic E-state index is 13.6. The number of benzene rings is 2. The van der Waals surface area contributed by atoms with Crippen LogP contribution in [0.3, 0.4) is 0 Å². The number of carbonyl (C=O) groups is 1. The number of halogens is 1. The average Bonchev–Trinajstić information content (AvgIpc) is 3.41. The van der Waals surface area contributed by atoms with E-state index in [0.717, 1.165) is 5.52 Å². The lowest BCUT2D eigenvalue weighted by Gasteiger charge is -2.15. The number of imidazole rings is 1. The zero-order chi connectivity index (χ0) is 22.9. The Balaban J connectivity index is 1.50. The number of pyridine rings is 1. The van der Waals surface area contributed by atoms with Gasteiger partial charge in [-0.2, -0.15) is 0 Å². The highest BCUT2D eigenvalue weighted by Gasteiger charge is 2.29. The topological polar surface area (TPSA) is 69.4 Å². The quantitative estimate of drug-likeness (QED) is 0.408. The van der Waals surface area contributed by atoms with Gasteiger partial charge in [-0.05, 0) is 61.0 Å². The Morgan fingerprint density at radius 1 is 1.12 bits per heavy atom. The predicted octanol–water partition coefficient (Wildman–Crippen LogP) is 4.59. The molecule has 0 bridgehead atoms. The number of rotatable bonds is 5. The minimum Gasteiger partial charge on any atom is -0.457 e. The van der Waals surface area contributed by atoms with Gasteiger partial charge in [-0.1, -0.05) is 24.2 Å². The van der Waals surface area contributed by atoms with E-state index in [1.165, 1.54) is 6.08 Å². The van der Waals surface area contributed by atoms with E-state index in [1.54, 1.807) is 38.6 Å². The van der Waals surface area contributed by atoms with Gasteiger partial charge in [-0.15, -0.1) is 0 Å². The summed E-state index contributed by atoms with van der Waals surface area (Å²) in [5.41, 5.74) is 2.03. The molecule has 8 heteroatoms. The molecule has 3 heterocycles. The standard InChI is InChI=1S/C25H21ClN4O3/c1-2-24(31)28-13-11-19(16-28)30-22-10-12-27-15-23(22)29(25(30)32)18-6-8-20(9-7-18)33-21-5-3-4-17(26)14-21/h2-10,12,14-15,19H,1,11,13,16H2. The first-order valence-corrected chi connectivity index (χ1v) is 10.9. The van der Waals surface area contributed by atoms with Gasteiger partial charge in [0, 0.05) is 24.3 Å². The third kappa shape index (κ3) is 3.91. The van der Waals surface area contributed by atoms with Gasteiger partial charge in [-0.25, -0.2) is 4.79 Å². The van der Waals surface area contributed by atoms with Crippen LogP contribution in [0.15, 0.2) is 84.4 Å². The first kappa shape index (κ1) is 21.0. The van der Waals surface area contributed by atoms with Crippen LogP contribution in [0.25, 0.3) is 16.7 Å². The minimum absolute atomic E-state index is 0.113. The Kier molecular flexibility index (Phi) is 5.48. The number of hydrogen-bond donors (Lipinski definition) is 0. The molecule has 4 aromatic rings. The average molecular weight is 461 g/mol. The van der Waals surface area contributed by atoms with Crippen molar-refractivity contribution in [3.8, 4) is 17.2 Å². The summed E-state index contributed by atoms with van der Waals surface area (Å²) in [5.74, 6) is 1.14. The monoisotopic (exact) mass is 460 g/mol. The van der Waals surface area contributed by atoms with Crippen LogP contribution < -0.4 is 10.4 Å². The summed E-state index contributed by atoms with van der Waals surface area (Å²) in [7, 11) is 0. The number of hydrogen-bond acceptors (Lipinski definition) is 4. The number of carbonyl (C=O) groups excluding carboxylic acids is 1. The molecule has 1 saturated heterocycles. The maximum atomic E-state index is 13.6. The third-order valence-electron chi connectivity index (χ3n) is 5.82. The van der Waals surface area contributed by atoms with Crippen molar-refractivity contribution in [2.24, 2.45) is 0 Å². The van der Waals surface area contributed by atoms with E-state index in [1.807, 2.05) is 42.5 Å². The molecule has 1 aliphatic heterocycles. The minimum atomic E-state index is -0.167. The fourth-order valence-electron chi connectivity index (χ4n) is 4.28. The summed E-state index contributed by atoms with van der Waals surface area (Å²) >= 11 is 6.03. The Morgan fingerprint density at radius 3 is 2.70 bits per heavy atom. The van der Waals surface area contributed by atoms with E-state index < -0.39 is 0 Å². The van der Waals surface area contributed by atoms with Crippen molar-refractivity contribution in [2.45, 2.75) is 12.5 Å². The van der Waals surface area contributed by atoms with E-state index in [4.69, 9.17) is 16.3 Å². The Labute approximate surface area is 195 Å². The smallest absolute Gasteiger partial charge is 0.334 e. The molecule has 1 unspecified atom stereocenters. The fraction of sp³-hybridized carbons (Fsp3) is 0.160. The van der Waals surface area contributed by atoms with Crippen molar-refractivity contribution in [1.29, 1.82) is 0 Å². The van der Waals surface area contributed by atoms with Crippen LogP contribution in [-0.4, -0.2) is 38.0 Å². The number of aromatic nitrogens is 3. The molecule has 7 nitrogen and oxygen atoms in total. The van der Waals surface area contributed by atoms with Gasteiger partial charge >= 0.3 is 5.69 Å². The van der Waals surface area contributed by atoms with Crippen LogP contribution in [-0.2, 0) is 4.79 Å². The van der Waals surface area contributed by atoms with Gasteiger partial charge in [0.05, 0.1) is 29.0 Å². The lowest BCUT2D eigenvalue weighted by molar-refractivity contribution is -0.125. The lowest BCUT2D eigenvalue weighted by atomic mass is 10.2. The summed E-state index contributed by atoms with van der Waals surface area (Å²) < 4.78 is 9.27. The van der Waals surface area contributed by atoms with Crippen LogP contribution in [0.2, 0.25) is 5.02 Å². The molecule has 0 N–H and O–H groups in total. The maximum Gasteiger partial charge on any atom is 0.334 e. The van der Waals surface area contributed by atoms with E-state index >= 15 is 0 Å². The fourth-order valence-corrected chi connectivity index (χ4v) is 4.46. The second kappa shape index (κ2) is 8.60. The molecule has 2 aromatic carbocycles. The van der Waals surface area contributed by atoms with Gasteiger partial charge in [0.2, 0.25) is 5.91 Å². The van der Waals surface area contributed by atoms with E-state index in [9.17, 15) is 9.59 Å². The molecule has 1 atom stereocenters. The first-order chi connectivity index (χ1) is 16.0. The summed E-state index contributed by atoms with van der Waals surface area (Å²) in [4.78, 5) is 31.5. The summed E-state index contributed by atoms with van der Waals surface area (Å²) in [6.45, 7) is 4.63. The van der Waals surface area contributed by atoms with Crippen LogP contribution in [0.1, 0.15) is 12.5 Å². The van der Waals surface area contributed by atoms with Crippen molar-refractivity contribution in [3.63, 3.8) is 0 Å². The lowest BCUT2D eigenvalue weighted by Crippen LogP contribution is -2.31. The van der Waals surface area contributed by atoms with Gasteiger partial charge in [-0.3, -0.25) is 18.9 Å². The van der Waals surface area contributed by atoms with Gasteiger partial charge in [0.15, 0.2) is 0 Å². The Bertz CT molecular complexity index is 1410. The van der Waals surface area contributed by atoms with Crippen molar-refractivity contribution in [3.05, 3.63) is 95.2 Å². The van der Waals surface area contributed by atoms with Crippen molar-refractivity contribution < 1.29 is 9.53 Å². The summed E-state index contributed by atoms with van der Waals surface area (Å²) in [6, 6.07) is 16.2. The van der Waals surface area contributed by atoms with Crippen LogP contribution >= 0.6 is 11.6 Å². The Morgan fingerprint density at radius 2 is 1.94 bits per heavy atom. The highest BCUT2D eigenvalue weighted by Crippen LogP contribution is 2.28. The number of nitrogens with zero attached hydrogens (tertiary/aromatic N) is 4. The second-order valence-corrected chi connectivity index (χ2v) is 8.27.